The van der Waals surface area contributed by atoms with E-state index in [1.807, 2.05) is 0 Å². The van der Waals surface area contributed by atoms with Crippen molar-refractivity contribution in [2.75, 3.05) is 92.5 Å². The van der Waals surface area contributed by atoms with Crippen molar-refractivity contribution < 1.29 is 37.9 Å². The lowest BCUT2D eigenvalue weighted by Crippen LogP contribution is -2.29. The molecular formula is C16H30O8. The molecule has 0 aromatic carbocycles. The van der Waals surface area contributed by atoms with E-state index in [1.165, 1.54) is 0 Å². The molecule has 2 rings (SSSR count). The second kappa shape index (κ2) is 13.9. The third-order valence-electron chi connectivity index (χ3n) is 3.38. The first-order valence-corrected chi connectivity index (χ1v) is 8.65. The Balaban J connectivity index is 1.41. The molecule has 0 bridgehead atoms. The van der Waals surface area contributed by atoms with Crippen LogP contribution in [0.3, 0.4) is 0 Å². The van der Waals surface area contributed by atoms with Crippen LogP contribution in [0.15, 0.2) is 0 Å². The number of hydrogen-bond donors (Lipinski definition) is 0. The predicted molar refractivity (Wildman–Crippen MR) is 84.4 cm³/mol. The molecule has 0 saturated carbocycles. The molecule has 0 N–H and O–H groups in total. The van der Waals surface area contributed by atoms with Gasteiger partial charge in [0, 0.05) is 0 Å². The molecule has 2 fully saturated rings. The average Bonchev–Trinajstić information content (AvgIpc) is 3.39. The van der Waals surface area contributed by atoms with Gasteiger partial charge in [-0.15, -0.1) is 0 Å². The van der Waals surface area contributed by atoms with E-state index < -0.39 is 0 Å². The maximum Gasteiger partial charge on any atom is 0.104 e. The molecule has 8 nitrogen and oxygen atoms in total. The molecule has 24 heavy (non-hydrogen) atoms. The van der Waals surface area contributed by atoms with E-state index in [0.717, 1.165) is 6.61 Å². The second-order valence-corrected chi connectivity index (χ2v) is 5.51. The molecule has 0 aromatic rings. The third kappa shape index (κ3) is 11.3. The van der Waals surface area contributed by atoms with Crippen LogP contribution in [0.2, 0.25) is 0 Å². The summed E-state index contributed by atoms with van der Waals surface area (Å²) in [4.78, 5) is 0. The van der Waals surface area contributed by atoms with Gasteiger partial charge in [-0.05, 0) is 0 Å². The van der Waals surface area contributed by atoms with E-state index >= 15 is 0 Å². The maximum absolute atomic E-state index is 5.71. The van der Waals surface area contributed by atoms with E-state index in [0.29, 0.717) is 92.0 Å². The maximum atomic E-state index is 5.71. The van der Waals surface area contributed by atoms with E-state index in [2.05, 4.69) is 0 Å². The molecule has 0 aromatic heterocycles. The summed E-state index contributed by atoms with van der Waals surface area (Å²) < 4.78 is 43.5. The summed E-state index contributed by atoms with van der Waals surface area (Å²) in [6, 6.07) is 0. The second-order valence-electron chi connectivity index (χ2n) is 5.51. The highest BCUT2D eigenvalue weighted by Crippen LogP contribution is 2.07. The summed E-state index contributed by atoms with van der Waals surface area (Å²) in [7, 11) is 0. The summed E-state index contributed by atoms with van der Waals surface area (Å²) in [6.45, 7) is 8.01. The van der Waals surface area contributed by atoms with Crippen LogP contribution in [-0.2, 0) is 37.9 Å². The molecule has 8 heteroatoms. The highest BCUT2D eigenvalue weighted by Gasteiger charge is 2.21. The molecule has 2 saturated heterocycles. The first kappa shape index (κ1) is 20.0. The van der Waals surface area contributed by atoms with Crippen LogP contribution in [0.1, 0.15) is 0 Å². The Bertz CT molecular complexity index is 275. The fourth-order valence-corrected chi connectivity index (χ4v) is 2.00. The molecule has 2 atom stereocenters. The molecule has 0 radical (unpaired) electrons. The van der Waals surface area contributed by atoms with Crippen LogP contribution in [0.4, 0.5) is 0 Å². The minimum absolute atomic E-state index is 0.102. The topological polar surface area (TPSA) is 77.1 Å². The summed E-state index contributed by atoms with van der Waals surface area (Å²) in [5, 5.41) is 0. The van der Waals surface area contributed by atoms with E-state index in [1.54, 1.807) is 0 Å². The Hall–Kier alpha value is -0.320. The molecule has 0 aliphatic carbocycles. The molecule has 0 spiro atoms. The van der Waals surface area contributed by atoms with Gasteiger partial charge in [0.15, 0.2) is 0 Å². The van der Waals surface area contributed by atoms with Gasteiger partial charge in [0.25, 0.3) is 0 Å². The summed E-state index contributed by atoms with van der Waals surface area (Å²) >= 11 is 0. The standard InChI is InChI=1S/C16H30O8/c1-2-19-9-10-23-15(11-20-6-3-17-1)12-21-7-4-18-5-8-22-13-16-14-24-16/h15-16H,1-14H2. The van der Waals surface area contributed by atoms with Gasteiger partial charge in [0.05, 0.1) is 92.5 Å². The van der Waals surface area contributed by atoms with Gasteiger partial charge in [-0.25, -0.2) is 0 Å². The fourth-order valence-electron chi connectivity index (χ4n) is 2.00. The minimum atomic E-state index is -0.102. The summed E-state index contributed by atoms with van der Waals surface area (Å²) in [5.41, 5.74) is 0. The van der Waals surface area contributed by atoms with Crippen LogP contribution < -0.4 is 0 Å². The van der Waals surface area contributed by atoms with Gasteiger partial charge in [-0.3, -0.25) is 0 Å². The fraction of sp³-hybridized carbons (Fsp3) is 1.00. The Morgan fingerprint density at radius 3 is 1.67 bits per heavy atom. The number of rotatable bonds is 10. The number of epoxide rings is 1. The molecule has 142 valence electrons. The Morgan fingerprint density at radius 2 is 1.04 bits per heavy atom. The van der Waals surface area contributed by atoms with Crippen molar-refractivity contribution in [2.24, 2.45) is 0 Å². The predicted octanol–water partition coefficient (Wildman–Crippen LogP) is -0.116. The number of ether oxygens (including phenoxy) is 8. The van der Waals surface area contributed by atoms with Crippen molar-refractivity contribution >= 4 is 0 Å². The van der Waals surface area contributed by atoms with E-state index in [4.69, 9.17) is 37.9 Å². The van der Waals surface area contributed by atoms with Crippen LogP contribution in [-0.4, -0.2) is 105 Å². The first-order chi connectivity index (χ1) is 11.9. The van der Waals surface area contributed by atoms with Crippen molar-refractivity contribution in [1.82, 2.24) is 0 Å². The van der Waals surface area contributed by atoms with Gasteiger partial charge >= 0.3 is 0 Å². The van der Waals surface area contributed by atoms with Crippen molar-refractivity contribution in [3.63, 3.8) is 0 Å². The lowest BCUT2D eigenvalue weighted by atomic mass is 10.4. The van der Waals surface area contributed by atoms with Crippen molar-refractivity contribution in [2.45, 2.75) is 12.2 Å². The Kier molecular flexibility index (Phi) is 11.6. The molecule has 2 unspecified atom stereocenters. The van der Waals surface area contributed by atoms with Crippen molar-refractivity contribution in [1.29, 1.82) is 0 Å². The van der Waals surface area contributed by atoms with Crippen LogP contribution in [0, 0.1) is 0 Å². The van der Waals surface area contributed by atoms with Gasteiger partial charge in [-0.1, -0.05) is 0 Å². The van der Waals surface area contributed by atoms with Crippen molar-refractivity contribution in [3.05, 3.63) is 0 Å². The van der Waals surface area contributed by atoms with E-state index in [9.17, 15) is 0 Å². The average molecular weight is 350 g/mol. The zero-order valence-corrected chi connectivity index (χ0v) is 14.3. The molecule has 2 aliphatic heterocycles. The smallest absolute Gasteiger partial charge is 0.104 e. The normalized spacial score (nSPS) is 26.5. The largest absolute Gasteiger partial charge is 0.377 e. The third-order valence-corrected chi connectivity index (χ3v) is 3.38. The quantitative estimate of drug-likeness (QED) is 0.399. The van der Waals surface area contributed by atoms with Gasteiger partial charge in [-0.2, -0.15) is 0 Å². The van der Waals surface area contributed by atoms with Crippen LogP contribution in [0.25, 0.3) is 0 Å². The van der Waals surface area contributed by atoms with Gasteiger partial charge < -0.3 is 37.9 Å². The zero-order valence-electron chi connectivity index (χ0n) is 14.3. The summed E-state index contributed by atoms with van der Waals surface area (Å²) in [5.74, 6) is 0. The minimum Gasteiger partial charge on any atom is -0.377 e. The molecule has 2 heterocycles. The zero-order chi connectivity index (χ0) is 16.7. The molecule has 0 amide bonds. The SMILES string of the molecule is C1COCCOC(COCCOCCOCC2CO2)COCCO1. The van der Waals surface area contributed by atoms with Gasteiger partial charge in [0.2, 0.25) is 0 Å². The number of hydrogen-bond acceptors (Lipinski definition) is 8. The first-order valence-electron chi connectivity index (χ1n) is 8.65. The molecule has 2 aliphatic rings. The molecular weight excluding hydrogens is 320 g/mol. The van der Waals surface area contributed by atoms with Crippen LogP contribution in [0.5, 0.6) is 0 Å². The lowest BCUT2D eigenvalue weighted by molar-refractivity contribution is -0.0942. The highest BCUT2D eigenvalue weighted by atomic mass is 16.6. The summed E-state index contributed by atoms with van der Waals surface area (Å²) in [6.07, 6.45) is 0.202. The van der Waals surface area contributed by atoms with E-state index in [-0.39, 0.29) is 6.10 Å². The van der Waals surface area contributed by atoms with Crippen LogP contribution >= 0.6 is 0 Å². The highest BCUT2D eigenvalue weighted by molar-refractivity contribution is 4.66. The Morgan fingerprint density at radius 1 is 0.542 bits per heavy atom. The monoisotopic (exact) mass is 350 g/mol. The van der Waals surface area contributed by atoms with Gasteiger partial charge in [0.1, 0.15) is 12.2 Å². The lowest BCUT2D eigenvalue weighted by Gasteiger charge is -2.19. The van der Waals surface area contributed by atoms with Crippen molar-refractivity contribution in [3.8, 4) is 0 Å². The Labute approximate surface area is 143 Å².